The lowest BCUT2D eigenvalue weighted by molar-refractivity contribution is -0.125. The summed E-state index contributed by atoms with van der Waals surface area (Å²) in [7, 11) is 1.57. The molecule has 1 aliphatic rings. The van der Waals surface area contributed by atoms with E-state index in [2.05, 4.69) is 10.3 Å². The smallest absolute Gasteiger partial charge is 0.228 e. The molecule has 1 aromatic carbocycles. The lowest BCUT2D eigenvalue weighted by Gasteiger charge is -2.19. The van der Waals surface area contributed by atoms with Gasteiger partial charge in [0.1, 0.15) is 17.4 Å². The van der Waals surface area contributed by atoms with Crippen molar-refractivity contribution in [3.63, 3.8) is 0 Å². The number of methoxy groups -OCH3 is 1. The van der Waals surface area contributed by atoms with Gasteiger partial charge < -0.3 is 10.1 Å². The lowest BCUT2D eigenvalue weighted by Crippen LogP contribution is -2.27. The van der Waals surface area contributed by atoms with Gasteiger partial charge in [0.25, 0.3) is 0 Å². The van der Waals surface area contributed by atoms with E-state index in [1.54, 1.807) is 25.4 Å². The Morgan fingerprint density at radius 2 is 1.92 bits per heavy atom. The Morgan fingerprint density at radius 1 is 1.20 bits per heavy atom. The number of nitrogens with zero attached hydrogens (tertiary/aromatic N) is 1. The number of benzene rings is 1. The topological polar surface area (TPSA) is 68.3 Å². The summed E-state index contributed by atoms with van der Waals surface area (Å²) < 4.78 is 5.15. The van der Waals surface area contributed by atoms with Crippen molar-refractivity contribution in [2.75, 3.05) is 12.4 Å². The second kappa shape index (κ2) is 7.66. The molecule has 1 aliphatic carbocycles. The molecule has 0 bridgehead atoms. The van der Waals surface area contributed by atoms with Gasteiger partial charge in [-0.3, -0.25) is 9.59 Å². The molecule has 2 aromatic rings. The van der Waals surface area contributed by atoms with E-state index in [-0.39, 0.29) is 17.6 Å². The molecule has 0 spiro atoms. The minimum Gasteiger partial charge on any atom is -0.495 e. The van der Waals surface area contributed by atoms with Gasteiger partial charge in [0, 0.05) is 30.5 Å². The van der Waals surface area contributed by atoms with E-state index >= 15 is 0 Å². The summed E-state index contributed by atoms with van der Waals surface area (Å²) in [5.74, 6) is 1.18. The molecule has 1 saturated carbocycles. The number of carbonyl (C=O) groups excluding carboxylic acids is 2. The van der Waals surface area contributed by atoms with Crippen LogP contribution in [0, 0.1) is 5.92 Å². The zero-order chi connectivity index (χ0) is 17.8. The fourth-order valence-electron chi connectivity index (χ4n) is 2.91. The first-order valence-corrected chi connectivity index (χ1v) is 8.57. The lowest BCUT2D eigenvalue weighted by atomic mass is 9.88. The number of Topliss-reactive ketones (excluding diaryl/α,β-unsaturated/α-hetero) is 1. The number of anilines is 1. The van der Waals surface area contributed by atoms with Gasteiger partial charge in [-0.2, -0.15) is 0 Å². The first-order chi connectivity index (χ1) is 12.1. The van der Waals surface area contributed by atoms with Crippen molar-refractivity contribution in [3.8, 4) is 16.9 Å². The third-order valence-corrected chi connectivity index (χ3v) is 4.71. The number of ether oxygens (including phenoxy) is 1. The van der Waals surface area contributed by atoms with Crippen LogP contribution in [-0.4, -0.2) is 23.8 Å². The molecule has 130 valence electrons. The van der Waals surface area contributed by atoms with Gasteiger partial charge in [0.15, 0.2) is 0 Å². The summed E-state index contributed by atoms with van der Waals surface area (Å²) >= 11 is 6.15. The van der Waals surface area contributed by atoms with Gasteiger partial charge in [0.2, 0.25) is 5.91 Å². The van der Waals surface area contributed by atoms with E-state index in [4.69, 9.17) is 16.3 Å². The maximum Gasteiger partial charge on any atom is 0.228 e. The molecule has 6 heteroatoms. The molecule has 0 atom stereocenters. The predicted octanol–water partition coefficient (Wildman–Crippen LogP) is 4.11. The average molecular weight is 359 g/mol. The van der Waals surface area contributed by atoms with Crippen molar-refractivity contribution >= 4 is 29.1 Å². The Morgan fingerprint density at radius 3 is 2.52 bits per heavy atom. The largest absolute Gasteiger partial charge is 0.495 e. The minimum atomic E-state index is -0.112. The van der Waals surface area contributed by atoms with E-state index in [1.807, 2.05) is 18.2 Å². The Bertz CT molecular complexity index is 780. The van der Waals surface area contributed by atoms with Gasteiger partial charge in [-0.15, -0.1) is 0 Å². The first kappa shape index (κ1) is 17.4. The zero-order valence-electron chi connectivity index (χ0n) is 13.9. The normalized spacial score (nSPS) is 15.0. The van der Waals surface area contributed by atoms with Gasteiger partial charge in [0.05, 0.1) is 12.1 Å². The summed E-state index contributed by atoms with van der Waals surface area (Å²) in [6.45, 7) is 0. The maximum absolute atomic E-state index is 12.3. The fourth-order valence-corrected chi connectivity index (χ4v) is 3.17. The molecule has 1 amide bonds. The molecule has 1 N–H and O–H groups in total. The van der Waals surface area contributed by atoms with Crippen molar-refractivity contribution in [1.29, 1.82) is 0 Å². The van der Waals surface area contributed by atoms with E-state index in [1.165, 1.54) is 0 Å². The summed E-state index contributed by atoms with van der Waals surface area (Å²) in [4.78, 5) is 27.8. The predicted molar refractivity (Wildman–Crippen MR) is 96.8 cm³/mol. The standard InChI is InChI=1S/C19H19ClN2O3/c1-25-17-8-4-13(10-16(17)20)14-5-9-18(21-11-14)22-19(24)12-2-6-15(23)7-3-12/h4-5,8-12H,2-3,6-7H2,1H3,(H,21,22,24). The summed E-state index contributed by atoms with van der Waals surface area (Å²) in [6.07, 6.45) is 3.91. The number of aromatic nitrogens is 1. The molecule has 1 aromatic heterocycles. The van der Waals surface area contributed by atoms with Crippen molar-refractivity contribution in [3.05, 3.63) is 41.6 Å². The van der Waals surface area contributed by atoms with Crippen LogP contribution >= 0.6 is 11.6 Å². The summed E-state index contributed by atoms with van der Waals surface area (Å²) in [6, 6.07) is 9.16. The van der Waals surface area contributed by atoms with Gasteiger partial charge in [-0.25, -0.2) is 4.98 Å². The molecule has 3 rings (SSSR count). The summed E-state index contributed by atoms with van der Waals surface area (Å²) in [5.41, 5.74) is 1.81. The van der Waals surface area contributed by atoms with Crippen LogP contribution in [0.2, 0.25) is 5.02 Å². The fraction of sp³-hybridized carbons (Fsp3) is 0.316. The molecular formula is C19H19ClN2O3. The number of carbonyl (C=O) groups is 2. The van der Waals surface area contributed by atoms with E-state index in [9.17, 15) is 9.59 Å². The molecule has 0 saturated heterocycles. The Balaban J connectivity index is 1.67. The molecule has 5 nitrogen and oxygen atoms in total. The monoisotopic (exact) mass is 358 g/mol. The number of hydrogen-bond donors (Lipinski definition) is 1. The zero-order valence-corrected chi connectivity index (χ0v) is 14.7. The SMILES string of the molecule is COc1ccc(-c2ccc(NC(=O)C3CCC(=O)CC3)nc2)cc1Cl. The second-order valence-electron chi connectivity index (χ2n) is 6.08. The third-order valence-electron chi connectivity index (χ3n) is 4.41. The number of nitrogens with one attached hydrogen (secondary N) is 1. The molecule has 25 heavy (non-hydrogen) atoms. The van der Waals surface area contributed by atoms with Crippen molar-refractivity contribution < 1.29 is 14.3 Å². The molecule has 1 fully saturated rings. The van der Waals surface area contributed by atoms with E-state index < -0.39 is 0 Å². The molecule has 0 radical (unpaired) electrons. The Hall–Kier alpha value is -2.40. The number of pyridine rings is 1. The minimum absolute atomic E-state index is 0.0692. The van der Waals surface area contributed by atoms with E-state index in [0.717, 1.165) is 11.1 Å². The highest BCUT2D eigenvalue weighted by Gasteiger charge is 2.24. The maximum atomic E-state index is 12.3. The van der Waals surface area contributed by atoms with Gasteiger partial charge in [-0.1, -0.05) is 17.7 Å². The highest BCUT2D eigenvalue weighted by molar-refractivity contribution is 6.32. The van der Waals surface area contributed by atoms with Crippen LogP contribution in [0.25, 0.3) is 11.1 Å². The van der Waals surface area contributed by atoms with E-state index in [0.29, 0.717) is 42.3 Å². The Labute approximate surface area is 151 Å². The Kier molecular flexibility index (Phi) is 5.34. The summed E-state index contributed by atoms with van der Waals surface area (Å²) in [5, 5.41) is 3.36. The van der Waals surface area contributed by atoms with Crippen LogP contribution in [0.5, 0.6) is 5.75 Å². The molecule has 0 aliphatic heterocycles. The number of amides is 1. The van der Waals surface area contributed by atoms with Crippen LogP contribution in [0.15, 0.2) is 36.5 Å². The number of hydrogen-bond acceptors (Lipinski definition) is 4. The third kappa shape index (κ3) is 4.17. The average Bonchev–Trinajstić information content (AvgIpc) is 2.63. The van der Waals surface area contributed by atoms with Crippen molar-refractivity contribution in [1.82, 2.24) is 4.98 Å². The quantitative estimate of drug-likeness (QED) is 0.893. The van der Waals surface area contributed by atoms with Crippen LogP contribution in [-0.2, 0) is 9.59 Å². The number of ketones is 1. The van der Waals surface area contributed by atoms with Crippen LogP contribution in [0.1, 0.15) is 25.7 Å². The van der Waals surface area contributed by atoms with Gasteiger partial charge >= 0.3 is 0 Å². The highest BCUT2D eigenvalue weighted by atomic mass is 35.5. The first-order valence-electron chi connectivity index (χ1n) is 8.19. The van der Waals surface area contributed by atoms with Gasteiger partial charge in [-0.05, 0) is 42.7 Å². The molecule has 0 unspecified atom stereocenters. The van der Waals surface area contributed by atoms with Crippen molar-refractivity contribution in [2.45, 2.75) is 25.7 Å². The van der Waals surface area contributed by atoms with Crippen LogP contribution < -0.4 is 10.1 Å². The van der Waals surface area contributed by atoms with Crippen molar-refractivity contribution in [2.24, 2.45) is 5.92 Å². The second-order valence-corrected chi connectivity index (χ2v) is 6.49. The van der Waals surface area contributed by atoms with Crippen LogP contribution in [0.3, 0.4) is 0 Å². The highest BCUT2D eigenvalue weighted by Crippen LogP contribution is 2.30. The molecular weight excluding hydrogens is 340 g/mol. The van der Waals surface area contributed by atoms with Crippen LogP contribution in [0.4, 0.5) is 5.82 Å². The molecule has 1 heterocycles. The number of rotatable bonds is 4. The number of halogens is 1.